The number of pyridine rings is 1. The Kier molecular flexibility index (Phi) is 4.89. The summed E-state index contributed by atoms with van der Waals surface area (Å²) in [6, 6.07) is 17.5. The molecule has 4 heteroatoms. The first-order valence-electron chi connectivity index (χ1n) is 7.57. The number of benzene rings is 2. The van der Waals surface area contributed by atoms with Crippen molar-refractivity contribution in [3.8, 4) is 0 Å². The highest BCUT2D eigenvalue weighted by atomic mass is 35.5. The molecule has 2 aromatic carbocycles. The molecule has 0 atom stereocenters. The van der Waals surface area contributed by atoms with Crippen molar-refractivity contribution in [3.05, 3.63) is 76.9 Å². The van der Waals surface area contributed by atoms with E-state index < -0.39 is 0 Å². The minimum absolute atomic E-state index is 0.0219. The Bertz CT molecular complexity index is 827. The molecule has 0 saturated heterocycles. The molecule has 0 spiro atoms. The van der Waals surface area contributed by atoms with Gasteiger partial charge in [-0.2, -0.15) is 0 Å². The van der Waals surface area contributed by atoms with E-state index in [1.165, 1.54) is 0 Å². The van der Waals surface area contributed by atoms with Crippen LogP contribution < -0.4 is 5.32 Å². The van der Waals surface area contributed by atoms with Crippen molar-refractivity contribution >= 4 is 28.4 Å². The van der Waals surface area contributed by atoms with Crippen LogP contribution in [0.4, 0.5) is 0 Å². The van der Waals surface area contributed by atoms with Gasteiger partial charge < -0.3 is 5.32 Å². The molecule has 3 nitrogen and oxygen atoms in total. The lowest BCUT2D eigenvalue weighted by Gasteiger charge is -2.08. The number of nitrogens with zero attached hydrogens (tertiary/aromatic N) is 1. The molecule has 0 radical (unpaired) electrons. The molecule has 1 amide bonds. The summed E-state index contributed by atoms with van der Waals surface area (Å²) < 4.78 is 0. The van der Waals surface area contributed by atoms with E-state index in [2.05, 4.69) is 16.4 Å². The summed E-state index contributed by atoms with van der Waals surface area (Å²) in [4.78, 5) is 16.5. The Balaban J connectivity index is 1.58. The van der Waals surface area contributed by atoms with E-state index in [0.717, 1.165) is 28.5 Å². The molecule has 23 heavy (non-hydrogen) atoms. The van der Waals surface area contributed by atoms with Gasteiger partial charge in [0.25, 0.3) is 0 Å². The van der Waals surface area contributed by atoms with Gasteiger partial charge in [0, 0.05) is 23.2 Å². The molecule has 0 aliphatic carbocycles. The van der Waals surface area contributed by atoms with E-state index in [9.17, 15) is 4.79 Å². The predicted octanol–water partition coefficient (Wildman–Crippen LogP) is 3.79. The molecule has 1 heterocycles. The standard InChI is InChI=1S/C19H17ClN2O/c20-17-9-2-1-5-16(17)13-18(23)21-12-10-15-7-3-6-14-8-4-11-22-19(14)15/h1-9,11H,10,12-13H2,(H,21,23). The fraction of sp³-hybridized carbons (Fsp3) is 0.158. The Morgan fingerprint density at radius 2 is 1.78 bits per heavy atom. The number of carbonyl (C=O) groups is 1. The van der Waals surface area contributed by atoms with Gasteiger partial charge in [-0.1, -0.05) is 54.1 Å². The number of para-hydroxylation sites is 1. The van der Waals surface area contributed by atoms with Crippen LogP contribution in [0.2, 0.25) is 5.02 Å². The van der Waals surface area contributed by atoms with Crippen molar-refractivity contribution in [2.75, 3.05) is 6.54 Å². The number of amides is 1. The molecule has 0 saturated carbocycles. The second kappa shape index (κ2) is 7.25. The minimum atomic E-state index is -0.0219. The number of hydrogen-bond acceptors (Lipinski definition) is 2. The van der Waals surface area contributed by atoms with Crippen LogP contribution in [0.3, 0.4) is 0 Å². The monoisotopic (exact) mass is 324 g/mol. The number of fused-ring (bicyclic) bond motifs is 1. The second-order valence-electron chi connectivity index (χ2n) is 5.36. The average molecular weight is 325 g/mol. The zero-order valence-electron chi connectivity index (χ0n) is 12.6. The number of hydrogen-bond donors (Lipinski definition) is 1. The normalized spacial score (nSPS) is 10.7. The lowest BCUT2D eigenvalue weighted by Crippen LogP contribution is -2.27. The van der Waals surface area contributed by atoms with Crippen molar-refractivity contribution in [2.45, 2.75) is 12.8 Å². The van der Waals surface area contributed by atoms with Gasteiger partial charge in [0.2, 0.25) is 5.91 Å². The van der Waals surface area contributed by atoms with Gasteiger partial charge in [0.1, 0.15) is 0 Å². The van der Waals surface area contributed by atoms with E-state index >= 15 is 0 Å². The summed E-state index contributed by atoms with van der Waals surface area (Å²) in [5, 5.41) is 4.69. The highest BCUT2D eigenvalue weighted by molar-refractivity contribution is 6.31. The minimum Gasteiger partial charge on any atom is -0.355 e. The summed E-state index contributed by atoms with van der Waals surface area (Å²) >= 11 is 6.08. The van der Waals surface area contributed by atoms with Crippen LogP contribution in [-0.2, 0) is 17.6 Å². The van der Waals surface area contributed by atoms with Gasteiger partial charge in [0.05, 0.1) is 11.9 Å². The zero-order valence-corrected chi connectivity index (χ0v) is 13.4. The number of halogens is 1. The Morgan fingerprint density at radius 3 is 2.65 bits per heavy atom. The molecular weight excluding hydrogens is 308 g/mol. The molecule has 1 N–H and O–H groups in total. The number of aromatic nitrogens is 1. The van der Waals surface area contributed by atoms with E-state index in [4.69, 9.17) is 11.6 Å². The van der Waals surface area contributed by atoms with Crippen molar-refractivity contribution in [2.24, 2.45) is 0 Å². The molecule has 1 aromatic heterocycles. The first-order valence-corrected chi connectivity index (χ1v) is 7.94. The van der Waals surface area contributed by atoms with Gasteiger partial charge in [0.15, 0.2) is 0 Å². The van der Waals surface area contributed by atoms with E-state index in [-0.39, 0.29) is 5.91 Å². The summed E-state index contributed by atoms with van der Waals surface area (Å²) in [6.07, 6.45) is 2.85. The van der Waals surface area contributed by atoms with Crippen molar-refractivity contribution in [3.63, 3.8) is 0 Å². The predicted molar refractivity (Wildman–Crippen MR) is 93.6 cm³/mol. The quantitative estimate of drug-likeness (QED) is 0.776. The third-order valence-corrected chi connectivity index (χ3v) is 4.11. The highest BCUT2D eigenvalue weighted by Gasteiger charge is 2.07. The molecule has 3 aromatic rings. The van der Waals surface area contributed by atoms with Crippen molar-refractivity contribution in [1.82, 2.24) is 10.3 Å². The Hall–Kier alpha value is -2.39. The fourth-order valence-electron chi connectivity index (χ4n) is 2.58. The maximum atomic E-state index is 12.0. The number of rotatable bonds is 5. The van der Waals surface area contributed by atoms with Crippen LogP contribution >= 0.6 is 11.6 Å². The number of nitrogens with one attached hydrogen (secondary N) is 1. The molecule has 0 bridgehead atoms. The smallest absolute Gasteiger partial charge is 0.224 e. The van der Waals surface area contributed by atoms with Crippen LogP contribution in [0.15, 0.2) is 60.8 Å². The maximum absolute atomic E-state index is 12.0. The molecule has 0 unspecified atom stereocenters. The molecule has 3 rings (SSSR count). The SMILES string of the molecule is O=C(Cc1ccccc1Cl)NCCc1cccc2cccnc12. The second-order valence-corrected chi connectivity index (χ2v) is 5.77. The first kappa shape index (κ1) is 15.5. The lowest BCUT2D eigenvalue weighted by atomic mass is 10.1. The molecule has 0 fully saturated rings. The Morgan fingerprint density at radius 1 is 1.00 bits per heavy atom. The van der Waals surface area contributed by atoms with E-state index in [1.54, 1.807) is 12.3 Å². The van der Waals surface area contributed by atoms with Gasteiger partial charge in [-0.15, -0.1) is 0 Å². The van der Waals surface area contributed by atoms with Crippen LogP contribution in [0.1, 0.15) is 11.1 Å². The van der Waals surface area contributed by atoms with Crippen LogP contribution in [0.5, 0.6) is 0 Å². The molecular formula is C19H17ClN2O. The summed E-state index contributed by atoms with van der Waals surface area (Å²) in [5.41, 5.74) is 2.98. The van der Waals surface area contributed by atoms with Gasteiger partial charge in [-0.05, 0) is 29.7 Å². The van der Waals surface area contributed by atoms with Crippen molar-refractivity contribution in [1.29, 1.82) is 0 Å². The van der Waals surface area contributed by atoms with Crippen molar-refractivity contribution < 1.29 is 4.79 Å². The molecule has 0 aliphatic rings. The Labute approximate surface area is 140 Å². The lowest BCUT2D eigenvalue weighted by molar-refractivity contribution is -0.120. The van der Waals surface area contributed by atoms with Gasteiger partial charge in [-0.25, -0.2) is 0 Å². The van der Waals surface area contributed by atoms with E-state index in [1.807, 2.05) is 42.5 Å². The van der Waals surface area contributed by atoms with Crippen LogP contribution in [0.25, 0.3) is 10.9 Å². The topological polar surface area (TPSA) is 42.0 Å². The highest BCUT2D eigenvalue weighted by Crippen LogP contribution is 2.17. The maximum Gasteiger partial charge on any atom is 0.224 e. The summed E-state index contributed by atoms with van der Waals surface area (Å²) in [6.45, 7) is 0.582. The number of carbonyl (C=O) groups excluding carboxylic acids is 1. The summed E-state index contributed by atoms with van der Waals surface area (Å²) in [5.74, 6) is -0.0219. The van der Waals surface area contributed by atoms with Crippen LogP contribution in [0, 0.1) is 0 Å². The summed E-state index contributed by atoms with van der Waals surface area (Å²) in [7, 11) is 0. The largest absolute Gasteiger partial charge is 0.355 e. The van der Waals surface area contributed by atoms with Gasteiger partial charge in [-0.3, -0.25) is 9.78 Å². The van der Waals surface area contributed by atoms with E-state index in [0.29, 0.717) is 18.0 Å². The third-order valence-electron chi connectivity index (χ3n) is 3.74. The third kappa shape index (κ3) is 3.88. The molecule has 116 valence electrons. The molecule has 0 aliphatic heterocycles. The van der Waals surface area contributed by atoms with Gasteiger partial charge >= 0.3 is 0 Å². The zero-order chi connectivity index (χ0) is 16.1. The fourth-order valence-corrected chi connectivity index (χ4v) is 2.79. The van der Waals surface area contributed by atoms with Crippen LogP contribution in [-0.4, -0.2) is 17.4 Å². The first-order chi connectivity index (χ1) is 11.2. The average Bonchev–Trinajstić information content (AvgIpc) is 2.57.